The lowest BCUT2D eigenvalue weighted by Crippen LogP contribution is -2.47. The van der Waals surface area contributed by atoms with Gasteiger partial charge in [-0.1, -0.05) is 31.2 Å². The summed E-state index contributed by atoms with van der Waals surface area (Å²) >= 11 is 0. The molecule has 2 aliphatic heterocycles. The first-order valence-corrected chi connectivity index (χ1v) is 16.6. The highest BCUT2D eigenvalue weighted by atomic mass is 32.2. The van der Waals surface area contributed by atoms with E-state index in [0.29, 0.717) is 38.3 Å². The lowest BCUT2D eigenvalue weighted by molar-refractivity contribution is -0.0312. The van der Waals surface area contributed by atoms with Crippen molar-refractivity contribution in [2.75, 3.05) is 38.6 Å². The first-order valence-electron chi connectivity index (χ1n) is 13.5. The zero-order valence-electron chi connectivity index (χ0n) is 22.4. The lowest BCUT2D eigenvalue weighted by Gasteiger charge is -2.38. The largest absolute Gasteiger partial charge is 0.491 e. The number of benzene rings is 2. The summed E-state index contributed by atoms with van der Waals surface area (Å²) in [4.78, 5) is 4.71. The van der Waals surface area contributed by atoms with Crippen molar-refractivity contribution in [3.8, 4) is 5.75 Å². The van der Waals surface area contributed by atoms with E-state index in [1.165, 1.54) is 22.6 Å². The Labute approximate surface area is 235 Å². The smallest absolute Gasteiger partial charge is 0.244 e. The van der Waals surface area contributed by atoms with Crippen LogP contribution in [-0.2, 0) is 24.6 Å². The molecule has 3 aromatic rings. The number of aliphatic hydroxyl groups excluding tert-OH is 1. The van der Waals surface area contributed by atoms with Gasteiger partial charge in [0, 0.05) is 37.3 Å². The Morgan fingerprint density at radius 2 is 1.88 bits per heavy atom. The van der Waals surface area contributed by atoms with Gasteiger partial charge in [0.05, 0.1) is 28.4 Å². The molecule has 2 fully saturated rings. The Bertz CT molecular complexity index is 1550. The maximum atomic E-state index is 13.3. The average Bonchev–Trinajstić information content (AvgIpc) is 3.37. The van der Waals surface area contributed by atoms with E-state index >= 15 is 0 Å². The summed E-state index contributed by atoms with van der Waals surface area (Å²) in [7, 11) is -6.99. The summed E-state index contributed by atoms with van der Waals surface area (Å²) in [5.41, 5.74) is 0.364. The van der Waals surface area contributed by atoms with Crippen LogP contribution >= 0.6 is 0 Å². The van der Waals surface area contributed by atoms with Gasteiger partial charge in [0.15, 0.2) is 9.84 Å². The molecule has 0 saturated carbocycles. The number of aliphatic hydroxyl groups is 1. The van der Waals surface area contributed by atoms with Crippen LogP contribution in [0.25, 0.3) is 10.9 Å². The number of para-hydroxylation sites is 1. The third kappa shape index (κ3) is 6.32. The number of fused-ring (bicyclic) bond motifs is 1. The average molecular weight is 590 g/mol. The predicted octanol–water partition coefficient (Wildman–Crippen LogP) is 2.37. The number of hydrogen-bond donors (Lipinski definition) is 2. The molecule has 10 nitrogen and oxygen atoms in total. The molecule has 1 spiro atoms. The van der Waals surface area contributed by atoms with Crippen LogP contribution in [0.3, 0.4) is 0 Å². The number of rotatable bonds is 10. The second-order valence-corrected chi connectivity index (χ2v) is 14.6. The summed E-state index contributed by atoms with van der Waals surface area (Å²) in [6, 6.07) is 15.4. The molecule has 2 N–H and O–H groups in total. The van der Waals surface area contributed by atoms with Gasteiger partial charge in [0.2, 0.25) is 10.0 Å². The zero-order chi connectivity index (χ0) is 28.4. The van der Waals surface area contributed by atoms with Gasteiger partial charge in [-0.3, -0.25) is 4.98 Å². The third-order valence-corrected chi connectivity index (χ3v) is 11.3. The van der Waals surface area contributed by atoms with Crippen LogP contribution < -0.4 is 10.1 Å². The van der Waals surface area contributed by atoms with Crippen LogP contribution in [0.15, 0.2) is 70.6 Å². The highest BCUT2D eigenvalue weighted by molar-refractivity contribution is 7.91. The number of piperidine rings is 1. The molecule has 0 aliphatic carbocycles. The Morgan fingerprint density at radius 3 is 2.65 bits per heavy atom. The number of ether oxygens (including phenoxy) is 2. The molecular formula is C28H35N3O7S2. The number of sulfone groups is 1. The third-order valence-electron chi connectivity index (χ3n) is 7.68. The minimum absolute atomic E-state index is 0.00369. The summed E-state index contributed by atoms with van der Waals surface area (Å²) in [6.07, 6.45) is 2.53. The Hall–Kier alpha value is -2.61. The number of pyridine rings is 1. The highest BCUT2D eigenvalue weighted by Gasteiger charge is 2.44. The first-order chi connectivity index (χ1) is 19.1. The minimum atomic E-state index is -3.66. The highest BCUT2D eigenvalue weighted by Crippen LogP contribution is 2.37. The van der Waals surface area contributed by atoms with Crippen LogP contribution in [0.5, 0.6) is 5.75 Å². The van der Waals surface area contributed by atoms with E-state index in [9.17, 15) is 21.9 Å². The number of sulfonamides is 1. The first kappa shape index (κ1) is 28.9. The summed E-state index contributed by atoms with van der Waals surface area (Å²) < 4.78 is 64.0. The van der Waals surface area contributed by atoms with Gasteiger partial charge in [-0.2, -0.15) is 4.31 Å². The van der Waals surface area contributed by atoms with Crippen LogP contribution in [0.4, 0.5) is 0 Å². The van der Waals surface area contributed by atoms with Crippen molar-refractivity contribution in [1.82, 2.24) is 14.6 Å². The van der Waals surface area contributed by atoms with Gasteiger partial charge in [-0.05, 0) is 49.6 Å². The molecule has 0 unspecified atom stereocenters. The van der Waals surface area contributed by atoms with Crippen molar-refractivity contribution in [3.05, 3.63) is 60.8 Å². The van der Waals surface area contributed by atoms with Crippen LogP contribution in [0.1, 0.15) is 26.2 Å². The molecule has 2 atom stereocenters. The SMILES string of the molecule is CCS(=O)(=O)c1cccc(OC[C@@H](O)CN[C@H]2COC3(CCN(S(=O)(=O)c4cnc5ccccc5c4)CC3)C2)c1. The second kappa shape index (κ2) is 11.7. The van der Waals surface area contributed by atoms with Crippen molar-refractivity contribution in [2.45, 2.75) is 53.7 Å². The Balaban J connectivity index is 1.09. The topological polar surface area (TPSA) is 135 Å². The van der Waals surface area contributed by atoms with E-state index in [2.05, 4.69) is 10.3 Å². The minimum Gasteiger partial charge on any atom is -0.491 e. The normalized spacial score (nSPS) is 20.6. The lowest BCUT2D eigenvalue weighted by atomic mass is 9.88. The number of nitrogens with zero attached hydrogens (tertiary/aromatic N) is 2. The van der Waals surface area contributed by atoms with Gasteiger partial charge in [0.25, 0.3) is 0 Å². The fraction of sp³-hybridized carbons (Fsp3) is 0.464. The summed E-state index contributed by atoms with van der Waals surface area (Å²) in [5.74, 6) is 0.391. The molecule has 2 aliphatic rings. The molecule has 0 radical (unpaired) electrons. The second-order valence-electron chi connectivity index (χ2n) is 10.4. The Morgan fingerprint density at radius 1 is 1.10 bits per heavy atom. The van der Waals surface area contributed by atoms with E-state index in [0.717, 1.165) is 17.3 Å². The number of nitrogens with one attached hydrogen (secondary N) is 1. The molecule has 40 heavy (non-hydrogen) atoms. The van der Waals surface area contributed by atoms with E-state index in [1.807, 2.05) is 24.3 Å². The van der Waals surface area contributed by atoms with E-state index < -0.39 is 31.6 Å². The fourth-order valence-corrected chi connectivity index (χ4v) is 7.62. The van der Waals surface area contributed by atoms with Crippen molar-refractivity contribution >= 4 is 30.8 Å². The van der Waals surface area contributed by atoms with Gasteiger partial charge in [-0.25, -0.2) is 16.8 Å². The molecule has 3 heterocycles. The van der Waals surface area contributed by atoms with Crippen LogP contribution in [0, 0.1) is 0 Å². The molecule has 216 valence electrons. The summed E-state index contributed by atoms with van der Waals surface area (Å²) in [6.45, 7) is 3.09. The molecule has 2 saturated heterocycles. The van der Waals surface area contributed by atoms with Crippen molar-refractivity contribution in [3.63, 3.8) is 0 Å². The van der Waals surface area contributed by atoms with Gasteiger partial charge < -0.3 is 19.9 Å². The Kier molecular flexibility index (Phi) is 8.46. The monoisotopic (exact) mass is 589 g/mol. The molecule has 5 rings (SSSR count). The quantitative estimate of drug-likeness (QED) is 0.365. The predicted molar refractivity (Wildman–Crippen MR) is 150 cm³/mol. The van der Waals surface area contributed by atoms with E-state index in [4.69, 9.17) is 9.47 Å². The molecule has 0 amide bonds. The van der Waals surface area contributed by atoms with Crippen LogP contribution in [-0.4, -0.2) is 87.6 Å². The van der Waals surface area contributed by atoms with Gasteiger partial charge >= 0.3 is 0 Å². The van der Waals surface area contributed by atoms with Gasteiger partial charge in [-0.15, -0.1) is 0 Å². The van der Waals surface area contributed by atoms with E-state index in [1.54, 1.807) is 25.1 Å². The van der Waals surface area contributed by atoms with Crippen molar-refractivity contribution in [1.29, 1.82) is 0 Å². The van der Waals surface area contributed by atoms with E-state index in [-0.39, 0.29) is 34.7 Å². The molecule has 1 aromatic heterocycles. The maximum absolute atomic E-state index is 13.3. The number of hydrogen-bond acceptors (Lipinski definition) is 9. The van der Waals surface area contributed by atoms with Crippen molar-refractivity contribution < 1.29 is 31.4 Å². The standard InChI is InChI=1S/C28H35N3O7S2/c1-2-39(33,34)25-8-5-7-24(15-25)37-20-23(32)17-29-22-16-28(38-19-22)10-12-31(13-11-28)40(35,36)26-14-21-6-3-4-9-27(21)30-18-26/h3-9,14-15,18,22-23,29,32H,2,10-13,16-17,19-20H2,1H3/t22-,23+/m1/s1. The fourth-order valence-electron chi connectivity index (χ4n) is 5.28. The molecule has 12 heteroatoms. The number of aromatic nitrogens is 1. The maximum Gasteiger partial charge on any atom is 0.244 e. The van der Waals surface area contributed by atoms with Crippen LogP contribution in [0.2, 0.25) is 0 Å². The molecule has 2 aromatic carbocycles. The molecule has 0 bridgehead atoms. The van der Waals surface area contributed by atoms with Gasteiger partial charge in [0.1, 0.15) is 23.4 Å². The zero-order valence-corrected chi connectivity index (χ0v) is 24.0. The molecular weight excluding hydrogens is 554 g/mol. The summed E-state index contributed by atoms with van der Waals surface area (Å²) in [5, 5.41) is 14.5. The van der Waals surface area contributed by atoms with Crippen molar-refractivity contribution in [2.24, 2.45) is 0 Å².